The van der Waals surface area contributed by atoms with Crippen molar-refractivity contribution in [3.8, 4) is 6.07 Å². The van der Waals surface area contributed by atoms with Crippen molar-refractivity contribution in [1.29, 1.82) is 5.26 Å². The van der Waals surface area contributed by atoms with Crippen LogP contribution in [0.25, 0.3) is 0 Å². The van der Waals surface area contributed by atoms with Crippen LogP contribution in [-0.2, 0) is 10.0 Å². The van der Waals surface area contributed by atoms with Gasteiger partial charge in [-0.1, -0.05) is 29.3 Å². The Bertz CT molecular complexity index is 979. The van der Waals surface area contributed by atoms with Gasteiger partial charge >= 0.3 is 0 Å². The minimum Gasteiger partial charge on any atom is -0.342 e. The van der Waals surface area contributed by atoms with Crippen molar-refractivity contribution in [3.63, 3.8) is 0 Å². The zero-order valence-electron chi connectivity index (χ0n) is 14.6. The number of nitriles is 1. The standard InChI is InChI=1S/C18H18Cl2N4O2S/c1-23(16-10-14(19)9-15(20)11-16)18-13(12-21)3-2-4-17(18)27(25,26)24-7-5-22-6-8-24/h2-4,9-11,22H,5-8H2,1H3. The Balaban J connectivity index is 2.16. The van der Waals surface area contributed by atoms with E-state index in [1.165, 1.54) is 10.4 Å². The third-order valence-electron chi connectivity index (χ3n) is 4.38. The molecule has 27 heavy (non-hydrogen) atoms. The van der Waals surface area contributed by atoms with Crippen molar-refractivity contribution in [3.05, 3.63) is 52.0 Å². The fourth-order valence-corrected chi connectivity index (χ4v) is 5.25. The molecule has 0 radical (unpaired) electrons. The Morgan fingerprint density at radius 1 is 1.15 bits per heavy atom. The highest BCUT2D eigenvalue weighted by Crippen LogP contribution is 2.36. The molecule has 1 fully saturated rings. The molecule has 2 aromatic rings. The maximum atomic E-state index is 13.3. The van der Waals surface area contributed by atoms with E-state index in [4.69, 9.17) is 23.2 Å². The highest BCUT2D eigenvalue weighted by Gasteiger charge is 2.30. The third-order valence-corrected chi connectivity index (χ3v) is 6.75. The Labute approximate surface area is 169 Å². The summed E-state index contributed by atoms with van der Waals surface area (Å²) in [6.45, 7) is 1.94. The Kier molecular flexibility index (Phi) is 5.94. The van der Waals surface area contributed by atoms with Crippen LogP contribution >= 0.6 is 23.2 Å². The van der Waals surface area contributed by atoms with Gasteiger partial charge in [0.1, 0.15) is 11.0 Å². The first kappa shape index (κ1) is 19.9. The van der Waals surface area contributed by atoms with E-state index >= 15 is 0 Å². The summed E-state index contributed by atoms with van der Waals surface area (Å²) in [6.07, 6.45) is 0. The summed E-state index contributed by atoms with van der Waals surface area (Å²) >= 11 is 12.2. The number of benzene rings is 2. The zero-order valence-corrected chi connectivity index (χ0v) is 16.9. The number of nitrogens with one attached hydrogen (secondary N) is 1. The number of piperazine rings is 1. The van der Waals surface area contributed by atoms with E-state index in [9.17, 15) is 13.7 Å². The van der Waals surface area contributed by atoms with Crippen molar-refractivity contribution in [2.45, 2.75) is 4.90 Å². The first-order valence-corrected chi connectivity index (χ1v) is 10.5. The quantitative estimate of drug-likeness (QED) is 0.814. The van der Waals surface area contributed by atoms with E-state index < -0.39 is 10.0 Å². The summed E-state index contributed by atoms with van der Waals surface area (Å²) in [5, 5.41) is 13.6. The average molecular weight is 425 g/mol. The van der Waals surface area contributed by atoms with Crippen LogP contribution in [0.2, 0.25) is 10.0 Å². The van der Waals surface area contributed by atoms with E-state index in [0.29, 0.717) is 47.6 Å². The SMILES string of the molecule is CN(c1cc(Cl)cc(Cl)c1)c1c(C#N)cccc1S(=O)(=O)N1CCNCC1. The van der Waals surface area contributed by atoms with Crippen LogP contribution in [0.4, 0.5) is 11.4 Å². The Morgan fingerprint density at radius 3 is 2.37 bits per heavy atom. The van der Waals surface area contributed by atoms with Crippen LogP contribution in [0.15, 0.2) is 41.3 Å². The van der Waals surface area contributed by atoms with Gasteiger partial charge < -0.3 is 10.2 Å². The van der Waals surface area contributed by atoms with Crippen molar-refractivity contribution in [1.82, 2.24) is 9.62 Å². The molecule has 1 heterocycles. The van der Waals surface area contributed by atoms with Gasteiger partial charge in [0.25, 0.3) is 0 Å². The van der Waals surface area contributed by atoms with Gasteiger partial charge in [0.05, 0.1) is 11.3 Å². The maximum absolute atomic E-state index is 13.3. The van der Waals surface area contributed by atoms with Gasteiger partial charge in [-0.2, -0.15) is 9.57 Å². The van der Waals surface area contributed by atoms with E-state index in [-0.39, 0.29) is 10.5 Å². The van der Waals surface area contributed by atoms with Gasteiger partial charge in [0.15, 0.2) is 0 Å². The number of rotatable bonds is 4. The minimum absolute atomic E-state index is 0.0852. The summed E-state index contributed by atoms with van der Waals surface area (Å²) in [5.74, 6) is 0. The summed E-state index contributed by atoms with van der Waals surface area (Å²) < 4.78 is 27.9. The second-order valence-electron chi connectivity index (χ2n) is 6.10. The smallest absolute Gasteiger partial charge is 0.245 e. The molecule has 1 saturated heterocycles. The third kappa shape index (κ3) is 4.05. The number of sulfonamides is 1. The van der Waals surface area contributed by atoms with Crippen LogP contribution in [0, 0.1) is 11.3 Å². The molecule has 0 unspecified atom stereocenters. The van der Waals surface area contributed by atoms with Gasteiger partial charge in [0.2, 0.25) is 10.0 Å². The number of hydrogen-bond acceptors (Lipinski definition) is 5. The molecule has 1 aliphatic rings. The molecule has 0 atom stereocenters. The molecule has 6 nitrogen and oxygen atoms in total. The van der Waals surface area contributed by atoms with E-state index in [1.54, 1.807) is 42.3 Å². The molecule has 0 bridgehead atoms. The summed E-state index contributed by atoms with van der Waals surface area (Å²) in [6, 6.07) is 11.7. The lowest BCUT2D eigenvalue weighted by Gasteiger charge is -2.30. The van der Waals surface area contributed by atoms with E-state index in [2.05, 4.69) is 11.4 Å². The molecule has 1 N–H and O–H groups in total. The van der Waals surface area contributed by atoms with Crippen LogP contribution in [0.5, 0.6) is 0 Å². The van der Waals surface area contributed by atoms with Crippen LogP contribution in [0.3, 0.4) is 0 Å². The van der Waals surface area contributed by atoms with E-state index in [0.717, 1.165) is 0 Å². The zero-order chi connectivity index (χ0) is 19.6. The molecular formula is C18H18Cl2N4O2S. The second-order valence-corrected chi connectivity index (χ2v) is 8.88. The van der Waals surface area contributed by atoms with Crippen molar-refractivity contribution < 1.29 is 8.42 Å². The molecular weight excluding hydrogens is 407 g/mol. The number of para-hydroxylation sites is 1. The fraction of sp³-hybridized carbons (Fsp3) is 0.278. The largest absolute Gasteiger partial charge is 0.342 e. The molecule has 3 rings (SSSR count). The molecule has 0 spiro atoms. The molecule has 0 aliphatic carbocycles. The average Bonchev–Trinajstić information content (AvgIpc) is 2.66. The first-order chi connectivity index (χ1) is 12.8. The van der Waals surface area contributed by atoms with Crippen molar-refractivity contribution >= 4 is 44.6 Å². The molecule has 0 saturated carbocycles. The molecule has 2 aromatic carbocycles. The second kappa shape index (κ2) is 8.05. The number of hydrogen-bond donors (Lipinski definition) is 1. The van der Waals surface area contributed by atoms with Crippen LogP contribution in [0.1, 0.15) is 5.56 Å². The number of anilines is 2. The topological polar surface area (TPSA) is 76.4 Å². The lowest BCUT2D eigenvalue weighted by Crippen LogP contribution is -2.46. The number of nitrogens with zero attached hydrogens (tertiary/aromatic N) is 3. The van der Waals surface area contributed by atoms with Gasteiger partial charge in [-0.3, -0.25) is 0 Å². The van der Waals surface area contributed by atoms with Gasteiger partial charge in [-0.25, -0.2) is 8.42 Å². The molecule has 142 valence electrons. The highest BCUT2D eigenvalue weighted by molar-refractivity contribution is 7.89. The Morgan fingerprint density at radius 2 is 1.78 bits per heavy atom. The lowest BCUT2D eigenvalue weighted by atomic mass is 10.1. The minimum atomic E-state index is -3.76. The Hall–Kier alpha value is -1.82. The molecule has 1 aliphatic heterocycles. The molecule has 9 heteroatoms. The predicted octanol–water partition coefficient (Wildman–Crippen LogP) is 3.23. The monoisotopic (exact) mass is 424 g/mol. The lowest BCUT2D eigenvalue weighted by molar-refractivity contribution is 0.360. The van der Waals surface area contributed by atoms with E-state index in [1.807, 2.05) is 0 Å². The van der Waals surface area contributed by atoms with Gasteiger partial charge in [0, 0.05) is 49.0 Å². The highest BCUT2D eigenvalue weighted by atomic mass is 35.5. The van der Waals surface area contributed by atoms with Crippen molar-refractivity contribution in [2.24, 2.45) is 0 Å². The van der Waals surface area contributed by atoms with Crippen molar-refractivity contribution in [2.75, 3.05) is 38.1 Å². The summed E-state index contributed by atoms with van der Waals surface area (Å²) in [4.78, 5) is 1.72. The van der Waals surface area contributed by atoms with Crippen LogP contribution < -0.4 is 10.2 Å². The summed E-state index contributed by atoms with van der Waals surface area (Å²) in [7, 11) is -2.07. The summed E-state index contributed by atoms with van der Waals surface area (Å²) in [5.41, 5.74) is 1.15. The maximum Gasteiger partial charge on any atom is 0.245 e. The fourth-order valence-electron chi connectivity index (χ4n) is 3.05. The normalized spacial score (nSPS) is 15.3. The predicted molar refractivity (Wildman–Crippen MR) is 107 cm³/mol. The molecule has 0 aromatic heterocycles. The van der Waals surface area contributed by atoms with Gasteiger partial charge in [-0.15, -0.1) is 0 Å². The first-order valence-electron chi connectivity index (χ1n) is 8.28. The number of halogens is 2. The molecule has 0 amide bonds. The van der Waals surface area contributed by atoms with Crippen LogP contribution in [-0.4, -0.2) is 45.9 Å². The van der Waals surface area contributed by atoms with Gasteiger partial charge in [-0.05, 0) is 30.3 Å².